The number of hydrogen-bond acceptors (Lipinski definition) is 5. The summed E-state index contributed by atoms with van der Waals surface area (Å²) >= 11 is 0. The number of amides is 1. The zero-order valence-corrected chi connectivity index (χ0v) is 11.1. The number of carbonyl (C=O) groups is 1. The maximum absolute atomic E-state index is 11.7. The van der Waals surface area contributed by atoms with Crippen molar-refractivity contribution >= 4 is 5.91 Å². The Morgan fingerprint density at radius 3 is 2.89 bits per heavy atom. The van der Waals surface area contributed by atoms with Crippen LogP contribution in [0.3, 0.4) is 0 Å². The van der Waals surface area contributed by atoms with E-state index in [4.69, 9.17) is 4.52 Å². The fourth-order valence-corrected chi connectivity index (χ4v) is 2.12. The smallest absolute Gasteiger partial charge is 0.229 e. The summed E-state index contributed by atoms with van der Waals surface area (Å²) in [6, 6.07) is 0.239. The van der Waals surface area contributed by atoms with E-state index in [1.54, 1.807) is 6.92 Å². The van der Waals surface area contributed by atoms with Crippen LogP contribution in [0.15, 0.2) is 4.52 Å². The van der Waals surface area contributed by atoms with Gasteiger partial charge in [0, 0.05) is 25.4 Å². The van der Waals surface area contributed by atoms with E-state index in [0.717, 1.165) is 19.5 Å². The molecular weight excluding hydrogens is 232 g/mol. The highest BCUT2D eigenvalue weighted by Crippen LogP contribution is 2.15. The minimum absolute atomic E-state index is 0.0552. The average molecular weight is 252 g/mol. The Morgan fingerprint density at radius 1 is 1.61 bits per heavy atom. The van der Waals surface area contributed by atoms with Gasteiger partial charge in [0.05, 0.1) is 6.54 Å². The lowest BCUT2D eigenvalue weighted by Gasteiger charge is -2.25. The van der Waals surface area contributed by atoms with Crippen LogP contribution in [0, 0.1) is 0 Å². The van der Waals surface area contributed by atoms with Crippen molar-refractivity contribution in [2.75, 3.05) is 13.1 Å². The maximum atomic E-state index is 11.7. The predicted molar refractivity (Wildman–Crippen MR) is 65.9 cm³/mol. The summed E-state index contributed by atoms with van der Waals surface area (Å²) in [4.78, 5) is 17.8. The summed E-state index contributed by atoms with van der Waals surface area (Å²) < 4.78 is 5.15. The van der Waals surface area contributed by atoms with E-state index in [1.807, 2.05) is 18.7 Å². The Labute approximate surface area is 107 Å². The zero-order valence-electron chi connectivity index (χ0n) is 11.1. The van der Waals surface area contributed by atoms with Gasteiger partial charge in [-0.1, -0.05) is 19.0 Å². The minimum atomic E-state index is 0.0552. The zero-order chi connectivity index (χ0) is 13.1. The number of nitrogens with one attached hydrogen (secondary N) is 1. The van der Waals surface area contributed by atoms with Crippen LogP contribution >= 0.6 is 0 Å². The topological polar surface area (TPSA) is 71.3 Å². The monoisotopic (exact) mass is 252 g/mol. The number of rotatable bonds is 4. The fraction of sp³-hybridized carbons (Fsp3) is 0.750. The molecule has 1 saturated heterocycles. The van der Waals surface area contributed by atoms with Crippen LogP contribution in [0.5, 0.6) is 0 Å². The number of aromatic nitrogens is 2. The lowest BCUT2D eigenvalue weighted by molar-refractivity contribution is -0.131. The Balaban J connectivity index is 2.05. The molecule has 1 aromatic heterocycles. The van der Waals surface area contributed by atoms with E-state index >= 15 is 0 Å². The van der Waals surface area contributed by atoms with Gasteiger partial charge >= 0.3 is 0 Å². The molecule has 0 bridgehead atoms. The van der Waals surface area contributed by atoms with E-state index in [0.29, 0.717) is 18.3 Å². The molecule has 2 rings (SSSR count). The van der Waals surface area contributed by atoms with Crippen molar-refractivity contribution < 1.29 is 9.32 Å². The summed E-state index contributed by atoms with van der Waals surface area (Å²) in [7, 11) is 0. The van der Waals surface area contributed by atoms with Gasteiger partial charge in [-0.05, 0) is 13.0 Å². The normalized spacial score (nSPS) is 19.4. The summed E-state index contributed by atoms with van der Waals surface area (Å²) in [5.74, 6) is 1.48. The number of nitrogens with zero attached hydrogens (tertiary/aromatic N) is 3. The van der Waals surface area contributed by atoms with Gasteiger partial charge in [-0.2, -0.15) is 4.98 Å². The van der Waals surface area contributed by atoms with E-state index < -0.39 is 0 Å². The molecule has 0 saturated carbocycles. The first kappa shape index (κ1) is 13.0. The molecule has 2 heterocycles. The lowest BCUT2D eigenvalue weighted by Crippen LogP contribution is -2.39. The highest BCUT2D eigenvalue weighted by Gasteiger charge is 2.26. The molecule has 100 valence electrons. The van der Waals surface area contributed by atoms with Crippen LogP contribution in [0.4, 0.5) is 0 Å². The predicted octanol–water partition coefficient (Wildman–Crippen LogP) is 0.903. The van der Waals surface area contributed by atoms with Crippen molar-refractivity contribution in [1.29, 1.82) is 0 Å². The molecule has 1 aromatic rings. The van der Waals surface area contributed by atoms with Gasteiger partial charge in [-0.25, -0.2) is 0 Å². The van der Waals surface area contributed by atoms with Gasteiger partial charge in [0.25, 0.3) is 0 Å². The van der Waals surface area contributed by atoms with Crippen molar-refractivity contribution in [2.24, 2.45) is 0 Å². The fourth-order valence-electron chi connectivity index (χ4n) is 2.12. The van der Waals surface area contributed by atoms with Crippen LogP contribution < -0.4 is 5.32 Å². The SMILES string of the molecule is CC(=O)N(Cc1noc(C(C)C)n1)[C@H]1CCNC1. The Bertz CT molecular complexity index is 410. The minimum Gasteiger partial charge on any atom is -0.339 e. The van der Waals surface area contributed by atoms with Gasteiger partial charge in [0.2, 0.25) is 11.8 Å². The van der Waals surface area contributed by atoms with Crippen molar-refractivity contribution in [2.45, 2.75) is 45.7 Å². The molecule has 1 fully saturated rings. The largest absolute Gasteiger partial charge is 0.339 e. The number of carbonyl (C=O) groups excluding carboxylic acids is 1. The lowest BCUT2D eigenvalue weighted by atomic mass is 10.2. The first-order valence-corrected chi connectivity index (χ1v) is 6.38. The molecule has 0 aliphatic carbocycles. The Morgan fingerprint density at radius 2 is 2.39 bits per heavy atom. The summed E-state index contributed by atoms with van der Waals surface area (Å²) in [5, 5.41) is 7.19. The van der Waals surface area contributed by atoms with E-state index in [2.05, 4.69) is 15.5 Å². The van der Waals surface area contributed by atoms with Crippen molar-refractivity contribution in [3.8, 4) is 0 Å². The molecule has 18 heavy (non-hydrogen) atoms. The number of hydrogen-bond donors (Lipinski definition) is 1. The molecule has 1 aliphatic heterocycles. The second-order valence-corrected chi connectivity index (χ2v) is 5.00. The summed E-state index contributed by atoms with van der Waals surface area (Å²) in [6.07, 6.45) is 0.981. The molecule has 6 nitrogen and oxygen atoms in total. The van der Waals surface area contributed by atoms with Gasteiger partial charge in [0.1, 0.15) is 0 Å². The molecule has 1 atom stereocenters. The van der Waals surface area contributed by atoms with Crippen LogP contribution in [-0.2, 0) is 11.3 Å². The van der Waals surface area contributed by atoms with E-state index in [1.165, 1.54) is 0 Å². The van der Waals surface area contributed by atoms with Crippen LogP contribution in [0.1, 0.15) is 44.8 Å². The van der Waals surface area contributed by atoms with E-state index in [-0.39, 0.29) is 17.9 Å². The second-order valence-electron chi connectivity index (χ2n) is 5.00. The molecule has 0 aromatic carbocycles. The molecule has 1 aliphatic rings. The molecule has 6 heteroatoms. The van der Waals surface area contributed by atoms with Crippen molar-refractivity contribution in [1.82, 2.24) is 20.4 Å². The third kappa shape index (κ3) is 2.87. The molecule has 1 N–H and O–H groups in total. The van der Waals surface area contributed by atoms with Crippen molar-refractivity contribution in [3.63, 3.8) is 0 Å². The maximum Gasteiger partial charge on any atom is 0.229 e. The Hall–Kier alpha value is -1.43. The van der Waals surface area contributed by atoms with Gasteiger partial charge in [0.15, 0.2) is 5.82 Å². The molecule has 0 radical (unpaired) electrons. The quantitative estimate of drug-likeness (QED) is 0.862. The van der Waals surface area contributed by atoms with Gasteiger partial charge in [-0.15, -0.1) is 0 Å². The van der Waals surface area contributed by atoms with Crippen LogP contribution in [-0.4, -0.2) is 40.1 Å². The third-order valence-electron chi connectivity index (χ3n) is 3.17. The van der Waals surface area contributed by atoms with Gasteiger partial charge < -0.3 is 14.7 Å². The molecule has 0 unspecified atom stereocenters. The van der Waals surface area contributed by atoms with Gasteiger partial charge in [-0.3, -0.25) is 4.79 Å². The first-order valence-electron chi connectivity index (χ1n) is 6.38. The summed E-state index contributed by atoms with van der Waals surface area (Å²) in [6.45, 7) is 7.81. The third-order valence-corrected chi connectivity index (χ3v) is 3.17. The van der Waals surface area contributed by atoms with Crippen molar-refractivity contribution in [3.05, 3.63) is 11.7 Å². The summed E-state index contributed by atoms with van der Waals surface area (Å²) in [5.41, 5.74) is 0. The van der Waals surface area contributed by atoms with Crippen LogP contribution in [0.25, 0.3) is 0 Å². The highest BCUT2D eigenvalue weighted by molar-refractivity contribution is 5.73. The second kappa shape index (κ2) is 5.48. The Kier molecular flexibility index (Phi) is 3.96. The standard InChI is InChI=1S/C12H20N4O2/c1-8(2)12-14-11(15-18-12)7-16(9(3)17)10-4-5-13-6-10/h8,10,13H,4-7H2,1-3H3/t10-/m0/s1. The average Bonchev–Trinajstić information content (AvgIpc) is 2.96. The van der Waals surface area contributed by atoms with Crippen LogP contribution in [0.2, 0.25) is 0 Å². The molecular formula is C12H20N4O2. The van der Waals surface area contributed by atoms with E-state index in [9.17, 15) is 4.79 Å². The first-order chi connectivity index (χ1) is 8.58. The highest BCUT2D eigenvalue weighted by atomic mass is 16.5. The molecule has 1 amide bonds. The molecule has 0 spiro atoms.